The second-order valence-corrected chi connectivity index (χ2v) is 5.23. The summed E-state index contributed by atoms with van der Waals surface area (Å²) in [5.74, 6) is 0.139. The van der Waals surface area contributed by atoms with Crippen LogP contribution in [0.4, 0.5) is 0 Å². The Morgan fingerprint density at radius 2 is 1.71 bits per heavy atom. The molecule has 0 saturated carbocycles. The average molecular weight is 327 g/mol. The minimum atomic E-state index is -0.480. The fourth-order valence-corrected chi connectivity index (χ4v) is 2.48. The smallest absolute Gasteiger partial charge is 0.256 e. The Kier molecular flexibility index (Phi) is 5.78. The first-order valence-corrected chi connectivity index (χ1v) is 7.44. The van der Waals surface area contributed by atoms with E-state index in [9.17, 15) is 4.79 Å². The van der Waals surface area contributed by atoms with Crippen LogP contribution in [0, 0.1) is 0 Å². The number of ether oxygens (including phenoxy) is 2. The van der Waals surface area contributed by atoms with Crippen molar-refractivity contribution >= 4 is 11.9 Å². The van der Waals surface area contributed by atoms with E-state index in [1.54, 1.807) is 20.3 Å². The van der Waals surface area contributed by atoms with Crippen LogP contribution in [0.25, 0.3) is 0 Å². The number of nitrogens with zero attached hydrogens (tertiary/aromatic N) is 1. The van der Waals surface area contributed by atoms with Crippen LogP contribution in [-0.2, 0) is 11.2 Å². The number of guanidine groups is 1. The lowest BCUT2D eigenvalue weighted by molar-refractivity contribution is -0.119. The summed E-state index contributed by atoms with van der Waals surface area (Å²) in [6, 6.07) is 14.9. The lowest BCUT2D eigenvalue weighted by Gasteiger charge is -2.15. The van der Waals surface area contributed by atoms with Crippen molar-refractivity contribution in [3.8, 4) is 11.5 Å². The third-order valence-electron chi connectivity index (χ3n) is 3.63. The molecule has 1 amide bonds. The number of carbonyl (C=O) groups is 1. The Balaban J connectivity index is 2.35. The van der Waals surface area contributed by atoms with Crippen LogP contribution < -0.4 is 20.9 Å². The molecule has 6 heteroatoms. The van der Waals surface area contributed by atoms with E-state index in [4.69, 9.17) is 20.9 Å². The van der Waals surface area contributed by atoms with Gasteiger partial charge in [-0.05, 0) is 29.7 Å². The number of hydrogen-bond donors (Lipinski definition) is 2. The molecule has 6 nitrogen and oxygen atoms in total. The summed E-state index contributed by atoms with van der Waals surface area (Å²) in [5.41, 5.74) is 12.5. The first kappa shape index (κ1) is 17.3. The third kappa shape index (κ3) is 4.25. The summed E-state index contributed by atoms with van der Waals surface area (Å²) >= 11 is 0. The second kappa shape index (κ2) is 8.01. The number of carbonyl (C=O) groups excluding carboxylic acids is 1. The number of aliphatic imine (C=N–C) groups is 1. The average Bonchev–Trinajstić information content (AvgIpc) is 2.59. The maximum absolute atomic E-state index is 12.4. The minimum absolute atomic E-state index is 0.242. The molecule has 2 aromatic carbocycles. The molecule has 0 aliphatic rings. The molecule has 0 aliphatic carbocycles. The van der Waals surface area contributed by atoms with Crippen LogP contribution in [0.2, 0.25) is 0 Å². The van der Waals surface area contributed by atoms with Crippen molar-refractivity contribution < 1.29 is 14.3 Å². The number of hydrogen-bond acceptors (Lipinski definition) is 3. The lowest BCUT2D eigenvalue weighted by atomic mass is 9.91. The van der Waals surface area contributed by atoms with E-state index in [2.05, 4.69) is 4.99 Å². The van der Waals surface area contributed by atoms with Crippen LogP contribution >= 0.6 is 0 Å². The van der Waals surface area contributed by atoms with Crippen molar-refractivity contribution in [2.45, 2.75) is 12.3 Å². The maximum Gasteiger partial charge on any atom is 0.256 e. The van der Waals surface area contributed by atoms with Gasteiger partial charge in [-0.25, -0.2) is 0 Å². The molecular weight excluding hydrogens is 306 g/mol. The fourth-order valence-electron chi connectivity index (χ4n) is 2.48. The third-order valence-corrected chi connectivity index (χ3v) is 3.63. The summed E-state index contributed by atoms with van der Waals surface area (Å²) in [5, 5.41) is 0. The molecule has 0 spiro atoms. The van der Waals surface area contributed by atoms with Crippen molar-refractivity contribution in [1.29, 1.82) is 0 Å². The van der Waals surface area contributed by atoms with Gasteiger partial charge >= 0.3 is 0 Å². The highest BCUT2D eigenvalue weighted by molar-refractivity contribution is 5.95. The number of amides is 1. The van der Waals surface area contributed by atoms with E-state index in [0.717, 1.165) is 11.1 Å². The summed E-state index contributed by atoms with van der Waals surface area (Å²) in [7, 11) is 3.15. The second-order valence-electron chi connectivity index (χ2n) is 5.23. The zero-order chi connectivity index (χ0) is 17.5. The van der Waals surface area contributed by atoms with Gasteiger partial charge < -0.3 is 20.9 Å². The summed E-state index contributed by atoms with van der Waals surface area (Å²) in [4.78, 5) is 16.1. The van der Waals surface area contributed by atoms with Gasteiger partial charge in [-0.15, -0.1) is 0 Å². The Labute approximate surface area is 141 Å². The first-order valence-electron chi connectivity index (χ1n) is 7.44. The van der Waals surface area contributed by atoms with E-state index in [0.29, 0.717) is 17.9 Å². The molecule has 0 radical (unpaired) electrons. The predicted octanol–water partition coefficient (Wildman–Crippen LogP) is 1.83. The van der Waals surface area contributed by atoms with Crippen LogP contribution in [0.5, 0.6) is 11.5 Å². The lowest BCUT2D eigenvalue weighted by Crippen LogP contribution is -2.26. The predicted molar refractivity (Wildman–Crippen MR) is 93.2 cm³/mol. The zero-order valence-electron chi connectivity index (χ0n) is 13.7. The number of methoxy groups -OCH3 is 2. The summed E-state index contributed by atoms with van der Waals surface area (Å²) < 4.78 is 10.5. The first-order chi connectivity index (χ1) is 11.5. The zero-order valence-corrected chi connectivity index (χ0v) is 13.7. The van der Waals surface area contributed by atoms with E-state index < -0.39 is 5.92 Å². The fraction of sp³-hybridized carbons (Fsp3) is 0.222. The van der Waals surface area contributed by atoms with Gasteiger partial charge in [0.25, 0.3) is 5.91 Å². The Hall–Kier alpha value is -3.02. The molecule has 126 valence electrons. The Morgan fingerprint density at radius 3 is 2.29 bits per heavy atom. The van der Waals surface area contributed by atoms with Gasteiger partial charge in [0, 0.05) is 0 Å². The molecule has 0 fully saturated rings. The molecule has 24 heavy (non-hydrogen) atoms. The molecule has 4 N–H and O–H groups in total. The van der Waals surface area contributed by atoms with Crippen molar-refractivity contribution in [3.63, 3.8) is 0 Å². The van der Waals surface area contributed by atoms with Crippen LogP contribution in [0.3, 0.4) is 0 Å². The van der Waals surface area contributed by atoms with Crippen molar-refractivity contribution in [3.05, 3.63) is 59.7 Å². The quantitative estimate of drug-likeness (QED) is 0.623. The van der Waals surface area contributed by atoms with Crippen molar-refractivity contribution in [2.24, 2.45) is 16.5 Å². The molecule has 0 heterocycles. The van der Waals surface area contributed by atoms with Gasteiger partial charge in [0.2, 0.25) is 0 Å². The van der Waals surface area contributed by atoms with Gasteiger partial charge in [-0.2, -0.15) is 4.99 Å². The summed E-state index contributed by atoms with van der Waals surface area (Å²) in [6.07, 6.45) is 0.444. The molecule has 0 bridgehead atoms. The number of nitrogens with two attached hydrogens (primary N) is 2. The standard InChI is InChI=1S/C18H21N3O3/c1-23-15-9-8-12(11-16(15)24-2)10-14(17(22)21-18(19)20)13-6-4-3-5-7-13/h3-9,11,14H,10H2,1-2H3,(H4,19,20,21,22)/t14-/m0/s1. The van der Waals surface area contributed by atoms with Gasteiger partial charge in [0.1, 0.15) is 0 Å². The topological polar surface area (TPSA) is 99.9 Å². The highest BCUT2D eigenvalue weighted by Crippen LogP contribution is 2.30. The highest BCUT2D eigenvalue weighted by atomic mass is 16.5. The van der Waals surface area contributed by atoms with E-state index >= 15 is 0 Å². The molecule has 1 atom stereocenters. The van der Waals surface area contributed by atoms with Crippen molar-refractivity contribution in [1.82, 2.24) is 0 Å². The van der Waals surface area contributed by atoms with Gasteiger partial charge in [0.15, 0.2) is 17.5 Å². The van der Waals surface area contributed by atoms with Gasteiger partial charge in [-0.3, -0.25) is 4.79 Å². The monoisotopic (exact) mass is 327 g/mol. The van der Waals surface area contributed by atoms with E-state index in [1.807, 2.05) is 42.5 Å². The number of benzene rings is 2. The Bertz CT molecular complexity index is 726. The maximum atomic E-state index is 12.4. The van der Waals surface area contributed by atoms with E-state index in [-0.39, 0.29) is 11.9 Å². The van der Waals surface area contributed by atoms with E-state index in [1.165, 1.54) is 0 Å². The van der Waals surface area contributed by atoms with Crippen LogP contribution in [-0.4, -0.2) is 26.1 Å². The normalized spacial score (nSPS) is 11.4. The molecule has 2 rings (SSSR count). The molecule has 0 saturated heterocycles. The Morgan fingerprint density at radius 1 is 1.04 bits per heavy atom. The van der Waals surface area contributed by atoms with Gasteiger partial charge in [0.05, 0.1) is 20.1 Å². The molecule has 0 unspecified atom stereocenters. The molecular formula is C18H21N3O3. The molecule has 0 aromatic heterocycles. The van der Waals surface area contributed by atoms with Gasteiger partial charge in [-0.1, -0.05) is 36.4 Å². The summed E-state index contributed by atoms with van der Waals surface area (Å²) in [6.45, 7) is 0. The number of rotatable bonds is 6. The van der Waals surface area contributed by atoms with Crippen LogP contribution in [0.15, 0.2) is 53.5 Å². The molecule has 0 aliphatic heterocycles. The SMILES string of the molecule is COc1ccc(C[C@H](C(=O)N=C(N)N)c2ccccc2)cc1OC. The van der Waals surface area contributed by atoms with Crippen molar-refractivity contribution in [2.75, 3.05) is 14.2 Å². The minimum Gasteiger partial charge on any atom is -0.493 e. The highest BCUT2D eigenvalue weighted by Gasteiger charge is 2.21. The molecule has 2 aromatic rings. The largest absolute Gasteiger partial charge is 0.493 e. The van der Waals surface area contributed by atoms with Crippen LogP contribution in [0.1, 0.15) is 17.0 Å².